The number of allylic oxidation sites excluding steroid dienone is 1. The first-order valence-electron chi connectivity index (χ1n) is 4.06. The van der Waals surface area contributed by atoms with Crippen LogP contribution < -0.4 is 0 Å². The summed E-state index contributed by atoms with van der Waals surface area (Å²) >= 11 is 0. The van der Waals surface area contributed by atoms with Crippen molar-refractivity contribution >= 4 is 6.72 Å². The molecule has 0 heterocycles. The van der Waals surface area contributed by atoms with E-state index < -0.39 is 0 Å². The van der Waals surface area contributed by atoms with Crippen molar-refractivity contribution in [1.82, 2.24) is 0 Å². The van der Waals surface area contributed by atoms with Gasteiger partial charge in [0, 0.05) is 11.1 Å². The summed E-state index contributed by atoms with van der Waals surface area (Å²) in [5.41, 5.74) is 1.00. The first-order chi connectivity index (χ1) is 4.90. The van der Waals surface area contributed by atoms with E-state index >= 15 is 0 Å². The summed E-state index contributed by atoms with van der Waals surface area (Å²) in [4.78, 5) is 3.87. The minimum absolute atomic E-state index is 0.107. The van der Waals surface area contributed by atoms with Gasteiger partial charge in [-0.05, 0) is 19.1 Å². The Morgan fingerprint density at radius 3 is 2.18 bits per heavy atom. The molecule has 0 amide bonds. The Morgan fingerprint density at radius 1 is 1.45 bits per heavy atom. The predicted molar refractivity (Wildman–Crippen MR) is 51.9 cm³/mol. The lowest BCUT2D eigenvalue weighted by molar-refractivity contribution is 0.343. The monoisotopic (exact) mass is 153 g/mol. The van der Waals surface area contributed by atoms with E-state index in [0.717, 1.165) is 12.1 Å². The number of hydrogen-bond acceptors (Lipinski definition) is 1. The highest BCUT2D eigenvalue weighted by Crippen LogP contribution is 2.32. The van der Waals surface area contributed by atoms with Crippen LogP contribution in [-0.4, -0.2) is 6.72 Å². The third-order valence-corrected chi connectivity index (χ3v) is 1.89. The summed E-state index contributed by atoms with van der Waals surface area (Å²) in [6, 6.07) is 0. The molecule has 0 aliphatic carbocycles. The lowest BCUT2D eigenvalue weighted by atomic mass is 9.82. The van der Waals surface area contributed by atoms with Crippen LogP contribution in [0.4, 0.5) is 0 Å². The normalized spacial score (nSPS) is 11.7. The molecule has 0 fully saturated rings. The van der Waals surface area contributed by atoms with E-state index in [4.69, 9.17) is 0 Å². The van der Waals surface area contributed by atoms with E-state index in [9.17, 15) is 0 Å². The maximum atomic E-state index is 3.87. The van der Waals surface area contributed by atoms with Gasteiger partial charge in [0.2, 0.25) is 0 Å². The highest BCUT2D eigenvalue weighted by Gasteiger charge is 2.21. The third kappa shape index (κ3) is 3.35. The maximum Gasteiger partial charge on any atom is 0.0381 e. The molecule has 0 bridgehead atoms. The Morgan fingerprint density at radius 2 is 1.91 bits per heavy atom. The van der Waals surface area contributed by atoms with Gasteiger partial charge in [0.1, 0.15) is 0 Å². The van der Waals surface area contributed by atoms with Gasteiger partial charge in [-0.3, -0.25) is 4.99 Å². The summed E-state index contributed by atoms with van der Waals surface area (Å²) in [6.45, 7) is 16.1. The van der Waals surface area contributed by atoms with Gasteiger partial charge in [-0.15, -0.1) is 0 Å². The van der Waals surface area contributed by atoms with Crippen LogP contribution in [0.1, 0.15) is 34.1 Å². The maximum absolute atomic E-state index is 3.87. The molecule has 0 N–H and O–H groups in total. The summed E-state index contributed by atoms with van der Waals surface area (Å²) in [5, 5.41) is 0. The lowest BCUT2D eigenvalue weighted by Gasteiger charge is -2.26. The molecule has 0 radical (unpaired) electrons. The molecular weight excluding hydrogens is 134 g/mol. The van der Waals surface area contributed by atoms with Crippen molar-refractivity contribution in [2.24, 2.45) is 16.3 Å². The fraction of sp³-hybridized carbons (Fsp3) is 0.700. The molecule has 64 valence electrons. The average Bonchev–Trinajstić information content (AvgIpc) is 1.83. The zero-order chi connectivity index (χ0) is 9.07. The molecule has 1 heteroatoms. The molecule has 1 nitrogen and oxygen atoms in total. The molecule has 0 aliphatic rings. The Labute approximate surface area is 70.2 Å². The van der Waals surface area contributed by atoms with Crippen LogP contribution in [0.2, 0.25) is 0 Å². The van der Waals surface area contributed by atoms with E-state index in [1.165, 1.54) is 0 Å². The molecule has 11 heavy (non-hydrogen) atoms. The van der Waals surface area contributed by atoms with E-state index in [1.807, 2.05) is 0 Å². The second-order valence-corrected chi connectivity index (χ2v) is 4.09. The second-order valence-electron chi connectivity index (χ2n) is 4.09. The van der Waals surface area contributed by atoms with Crippen LogP contribution in [0.3, 0.4) is 0 Å². The van der Waals surface area contributed by atoms with Crippen LogP contribution in [-0.2, 0) is 0 Å². The summed E-state index contributed by atoms with van der Waals surface area (Å²) in [5.74, 6) is 0.684. The molecule has 0 spiro atoms. The van der Waals surface area contributed by atoms with Crippen molar-refractivity contribution in [3.8, 4) is 0 Å². The van der Waals surface area contributed by atoms with E-state index in [0.29, 0.717) is 5.92 Å². The molecule has 0 aromatic carbocycles. The number of aliphatic imine (C=N–C) groups is 1. The summed E-state index contributed by atoms with van der Waals surface area (Å²) < 4.78 is 0. The van der Waals surface area contributed by atoms with Crippen molar-refractivity contribution in [2.45, 2.75) is 34.1 Å². The largest absolute Gasteiger partial charge is 0.269 e. The molecule has 0 saturated carbocycles. The van der Waals surface area contributed by atoms with E-state index in [1.54, 1.807) is 0 Å². The van der Waals surface area contributed by atoms with Crippen LogP contribution in [0.25, 0.3) is 0 Å². The van der Waals surface area contributed by atoms with E-state index in [-0.39, 0.29) is 5.41 Å². The van der Waals surface area contributed by atoms with Crippen LogP contribution in [0, 0.1) is 11.3 Å². The minimum Gasteiger partial charge on any atom is -0.269 e. The summed E-state index contributed by atoms with van der Waals surface area (Å²) in [7, 11) is 0. The Kier molecular flexibility index (Phi) is 3.50. The van der Waals surface area contributed by atoms with Gasteiger partial charge >= 0.3 is 0 Å². The fourth-order valence-corrected chi connectivity index (χ4v) is 1.35. The van der Waals surface area contributed by atoms with Gasteiger partial charge in [-0.1, -0.05) is 34.3 Å². The minimum atomic E-state index is 0.107. The number of nitrogens with zero attached hydrogens (tertiary/aromatic N) is 1. The molecule has 0 unspecified atom stereocenters. The van der Waals surface area contributed by atoms with Gasteiger partial charge in [0.05, 0.1) is 0 Å². The molecule has 0 atom stereocenters. The number of hydrogen-bond donors (Lipinski definition) is 0. The Hall–Kier alpha value is -0.590. The van der Waals surface area contributed by atoms with E-state index in [2.05, 4.69) is 46.0 Å². The van der Waals surface area contributed by atoms with Gasteiger partial charge in [0.15, 0.2) is 0 Å². The van der Waals surface area contributed by atoms with Crippen LogP contribution in [0.15, 0.2) is 17.3 Å². The zero-order valence-electron chi connectivity index (χ0n) is 8.15. The van der Waals surface area contributed by atoms with Crippen LogP contribution >= 0.6 is 0 Å². The Balaban J connectivity index is 4.20. The lowest BCUT2D eigenvalue weighted by Crippen LogP contribution is -2.15. The summed E-state index contributed by atoms with van der Waals surface area (Å²) in [6.07, 6.45) is 1.12. The van der Waals surface area contributed by atoms with Gasteiger partial charge in [0.25, 0.3) is 0 Å². The van der Waals surface area contributed by atoms with Crippen LogP contribution in [0.5, 0.6) is 0 Å². The number of rotatable bonds is 4. The van der Waals surface area contributed by atoms with Crippen molar-refractivity contribution in [1.29, 1.82) is 0 Å². The molecule has 0 aliphatic heterocycles. The second kappa shape index (κ2) is 3.70. The van der Waals surface area contributed by atoms with Crippen molar-refractivity contribution in [3.05, 3.63) is 12.3 Å². The predicted octanol–water partition coefficient (Wildman–Crippen LogP) is 3.27. The molecule has 0 aromatic heterocycles. The first-order valence-corrected chi connectivity index (χ1v) is 4.06. The molecule has 0 aromatic rings. The SMILES string of the molecule is C=NC(=C)C(C)(C)CC(C)C. The molecular formula is C10H19N. The highest BCUT2D eigenvalue weighted by atomic mass is 14.7. The Bertz CT molecular complexity index is 154. The smallest absolute Gasteiger partial charge is 0.0381 e. The van der Waals surface area contributed by atoms with Crippen molar-refractivity contribution < 1.29 is 0 Å². The molecule has 0 rings (SSSR count). The average molecular weight is 153 g/mol. The zero-order valence-corrected chi connectivity index (χ0v) is 8.15. The molecule has 0 saturated heterocycles. The standard InChI is InChI=1S/C10H19N/c1-8(2)7-10(4,5)9(3)11-6/h8H,3,6-7H2,1-2,4-5H3. The quantitative estimate of drug-likeness (QED) is 0.550. The first kappa shape index (κ1) is 10.4. The van der Waals surface area contributed by atoms with Gasteiger partial charge < -0.3 is 0 Å². The van der Waals surface area contributed by atoms with Gasteiger partial charge in [-0.25, -0.2) is 0 Å². The van der Waals surface area contributed by atoms with Gasteiger partial charge in [-0.2, -0.15) is 0 Å². The highest BCUT2D eigenvalue weighted by molar-refractivity contribution is 5.29. The van der Waals surface area contributed by atoms with Crippen molar-refractivity contribution in [3.63, 3.8) is 0 Å². The third-order valence-electron chi connectivity index (χ3n) is 1.89. The fourth-order valence-electron chi connectivity index (χ4n) is 1.35. The van der Waals surface area contributed by atoms with Crippen molar-refractivity contribution in [2.75, 3.05) is 0 Å². The topological polar surface area (TPSA) is 12.4 Å².